The normalized spacial score (nSPS) is 12.7. The van der Waals surface area contributed by atoms with Crippen LogP contribution in [0.1, 0.15) is 28.4 Å². The summed E-state index contributed by atoms with van der Waals surface area (Å²) in [6.45, 7) is 1.69. The summed E-state index contributed by atoms with van der Waals surface area (Å²) in [6, 6.07) is 6.71. The van der Waals surface area contributed by atoms with Crippen LogP contribution in [0.5, 0.6) is 5.75 Å². The highest BCUT2D eigenvalue weighted by Gasteiger charge is 2.14. The molecule has 1 aromatic heterocycles. The second-order valence-electron chi connectivity index (χ2n) is 4.38. The summed E-state index contributed by atoms with van der Waals surface area (Å²) in [7, 11) is 0. The van der Waals surface area contributed by atoms with E-state index >= 15 is 0 Å². The van der Waals surface area contributed by atoms with Crippen molar-refractivity contribution in [3.63, 3.8) is 0 Å². The highest BCUT2D eigenvalue weighted by atomic mass is 32.1. The molecule has 1 N–H and O–H groups in total. The quantitative estimate of drug-likeness (QED) is 0.878. The van der Waals surface area contributed by atoms with Crippen molar-refractivity contribution >= 4 is 11.3 Å². The molecule has 20 heavy (non-hydrogen) atoms. The average molecular weight is 298 g/mol. The molecular formula is C14H16F2N2OS. The molecule has 0 saturated heterocycles. The van der Waals surface area contributed by atoms with Gasteiger partial charge in [-0.25, -0.2) is 4.98 Å². The molecule has 1 aromatic carbocycles. The molecule has 1 heterocycles. The number of aromatic nitrogens is 1. The van der Waals surface area contributed by atoms with E-state index in [4.69, 9.17) is 0 Å². The van der Waals surface area contributed by atoms with E-state index in [9.17, 15) is 8.78 Å². The number of halogens is 2. The van der Waals surface area contributed by atoms with Crippen LogP contribution in [-0.4, -0.2) is 11.6 Å². The first kappa shape index (κ1) is 14.9. The fourth-order valence-electron chi connectivity index (χ4n) is 1.88. The number of ether oxygens (including phenoxy) is 1. The van der Waals surface area contributed by atoms with Gasteiger partial charge in [0, 0.05) is 29.2 Å². The van der Waals surface area contributed by atoms with E-state index in [1.54, 1.807) is 35.6 Å². The summed E-state index contributed by atoms with van der Waals surface area (Å²) in [4.78, 5) is 5.41. The van der Waals surface area contributed by atoms with Crippen LogP contribution >= 0.6 is 11.3 Å². The number of para-hydroxylation sites is 1. The first-order valence-corrected chi connectivity index (χ1v) is 7.06. The lowest BCUT2D eigenvalue weighted by Crippen LogP contribution is -2.19. The fraction of sp³-hybridized carbons (Fsp3) is 0.357. The molecule has 0 aliphatic carbocycles. The van der Waals surface area contributed by atoms with Crippen LogP contribution in [0.25, 0.3) is 0 Å². The highest BCUT2D eigenvalue weighted by molar-refractivity contribution is 7.11. The minimum Gasteiger partial charge on any atom is -0.434 e. The molecule has 0 saturated carbocycles. The highest BCUT2D eigenvalue weighted by Crippen LogP contribution is 2.26. The maximum atomic E-state index is 12.4. The molecule has 1 atom stereocenters. The van der Waals surface area contributed by atoms with Crippen molar-refractivity contribution in [1.82, 2.24) is 10.3 Å². The van der Waals surface area contributed by atoms with Gasteiger partial charge in [-0.05, 0) is 19.9 Å². The Morgan fingerprint density at radius 2 is 2.10 bits per heavy atom. The van der Waals surface area contributed by atoms with Crippen molar-refractivity contribution < 1.29 is 13.5 Å². The molecule has 2 rings (SSSR count). The average Bonchev–Trinajstić information content (AvgIpc) is 2.82. The van der Waals surface area contributed by atoms with E-state index in [2.05, 4.69) is 15.0 Å². The molecule has 2 aromatic rings. The van der Waals surface area contributed by atoms with Crippen molar-refractivity contribution in [2.45, 2.75) is 33.0 Å². The van der Waals surface area contributed by atoms with Gasteiger partial charge in [-0.3, -0.25) is 0 Å². The number of nitrogens with one attached hydrogen (secondary N) is 1. The van der Waals surface area contributed by atoms with Crippen LogP contribution in [-0.2, 0) is 6.54 Å². The first-order valence-electron chi connectivity index (χ1n) is 6.24. The number of aryl methyl sites for hydroxylation is 1. The summed E-state index contributed by atoms with van der Waals surface area (Å²) < 4.78 is 29.3. The molecule has 0 aliphatic rings. The lowest BCUT2D eigenvalue weighted by molar-refractivity contribution is -0.0506. The van der Waals surface area contributed by atoms with Crippen molar-refractivity contribution in [3.05, 3.63) is 45.9 Å². The fourth-order valence-corrected chi connectivity index (χ4v) is 2.61. The monoisotopic (exact) mass is 298 g/mol. The van der Waals surface area contributed by atoms with Crippen LogP contribution in [0.3, 0.4) is 0 Å². The van der Waals surface area contributed by atoms with Gasteiger partial charge in [-0.15, -0.1) is 11.3 Å². The van der Waals surface area contributed by atoms with Gasteiger partial charge >= 0.3 is 6.61 Å². The Balaban J connectivity index is 2.03. The van der Waals surface area contributed by atoms with Crippen molar-refractivity contribution in [2.75, 3.05) is 0 Å². The summed E-state index contributed by atoms with van der Waals surface area (Å²) >= 11 is 1.61. The van der Waals surface area contributed by atoms with E-state index in [-0.39, 0.29) is 11.8 Å². The van der Waals surface area contributed by atoms with Crippen LogP contribution < -0.4 is 10.1 Å². The Bertz CT molecular complexity index is 560. The van der Waals surface area contributed by atoms with Crippen molar-refractivity contribution in [2.24, 2.45) is 0 Å². The van der Waals surface area contributed by atoms with Crippen LogP contribution in [0.4, 0.5) is 8.78 Å². The van der Waals surface area contributed by atoms with E-state index in [1.165, 1.54) is 0 Å². The molecule has 0 radical (unpaired) electrons. The van der Waals surface area contributed by atoms with E-state index < -0.39 is 6.61 Å². The Morgan fingerprint density at radius 1 is 1.35 bits per heavy atom. The SMILES string of the molecule is Cc1cnc(CNC(C)c2ccccc2OC(F)F)s1. The van der Waals surface area contributed by atoms with Gasteiger partial charge in [-0.2, -0.15) is 8.78 Å². The maximum absolute atomic E-state index is 12.4. The summed E-state index contributed by atoms with van der Waals surface area (Å²) in [5.41, 5.74) is 0.709. The number of alkyl halides is 2. The largest absolute Gasteiger partial charge is 0.434 e. The molecule has 108 valence electrons. The number of rotatable bonds is 6. The molecule has 0 aliphatic heterocycles. The van der Waals surface area contributed by atoms with Gasteiger partial charge in [0.15, 0.2) is 0 Å². The first-order chi connectivity index (χ1) is 9.56. The molecule has 0 amide bonds. The number of thiazole rings is 1. The summed E-state index contributed by atoms with van der Waals surface area (Å²) in [5, 5.41) is 4.24. The number of benzene rings is 1. The Hall–Kier alpha value is -1.53. The molecule has 0 fully saturated rings. The maximum Gasteiger partial charge on any atom is 0.387 e. The van der Waals surface area contributed by atoms with Gasteiger partial charge < -0.3 is 10.1 Å². The zero-order valence-corrected chi connectivity index (χ0v) is 12.1. The van der Waals surface area contributed by atoms with Crippen LogP contribution in [0.15, 0.2) is 30.5 Å². The third-order valence-electron chi connectivity index (χ3n) is 2.83. The standard InChI is InChI=1S/C14H16F2N2OS/c1-9-7-18-13(20-9)8-17-10(2)11-5-3-4-6-12(11)19-14(15)16/h3-7,10,14,17H,8H2,1-2H3. The third-order valence-corrected chi connectivity index (χ3v) is 3.74. The molecule has 1 unspecified atom stereocenters. The number of nitrogens with zero attached hydrogens (tertiary/aromatic N) is 1. The molecule has 6 heteroatoms. The molecule has 3 nitrogen and oxygen atoms in total. The third kappa shape index (κ3) is 3.98. The topological polar surface area (TPSA) is 34.2 Å². The predicted molar refractivity (Wildman–Crippen MR) is 75.2 cm³/mol. The zero-order chi connectivity index (χ0) is 14.5. The Labute approximate surface area is 120 Å². The van der Waals surface area contributed by atoms with Crippen molar-refractivity contribution in [3.8, 4) is 5.75 Å². The zero-order valence-electron chi connectivity index (χ0n) is 11.3. The van der Waals surface area contributed by atoms with Gasteiger partial charge in [0.25, 0.3) is 0 Å². The van der Waals surface area contributed by atoms with Gasteiger partial charge in [0.1, 0.15) is 10.8 Å². The molecular weight excluding hydrogens is 282 g/mol. The van der Waals surface area contributed by atoms with Gasteiger partial charge in [-0.1, -0.05) is 18.2 Å². The molecule has 0 spiro atoms. The van der Waals surface area contributed by atoms with Gasteiger partial charge in [0.2, 0.25) is 0 Å². The van der Waals surface area contributed by atoms with Crippen LogP contribution in [0, 0.1) is 6.92 Å². The predicted octanol–water partition coefficient (Wildman–Crippen LogP) is 3.90. The second-order valence-corrected chi connectivity index (χ2v) is 5.70. The number of hydrogen-bond acceptors (Lipinski definition) is 4. The smallest absolute Gasteiger partial charge is 0.387 e. The Kier molecular flexibility index (Phi) is 5.03. The van der Waals surface area contributed by atoms with Crippen LogP contribution in [0.2, 0.25) is 0 Å². The van der Waals surface area contributed by atoms with Crippen molar-refractivity contribution in [1.29, 1.82) is 0 Å². The van der Waals surface area contributed by atoms with Gasteiger partial charge in [0.05, 0.1) is 0 Å². The van der Waals surface area contributed by atoms with E-state index in [1.807, 2.05) is 20.0 Å². The lowest BCUT2D eigenvalue weighted by atomic mass is 10.1. The number of hydrogen-bond donors (Lipinski definition) is 1. The summed E-state index contributed by atoms with van der Waals surface area (Å²) in [5.74, 6) is 0.206. The molecule has 0 bridgehead atoms. The minimum absolute atomic E-state index is 0.103. The van der Waals surface area contributed by atoms with E-state index in [0.29, 0.717) is 12.1 Å². The summed E-state index contributed by atoms with van der Waals surface area (Å²) in [6.07, 6.45) is 1.82. The second kappa shape index (κ2) is 6.76. The van der Waals surface area contributed by atoms with E-state index in [0.717, 1.165) is 9.88 Å². The minimum atomic E-state index is -2.81. The lowest BCUT2D eigenvalue weighted by Gasteiger charge is -2.17. The Morgan fingerprint density at radius 3 is 2.75 bits per heavy atom.